The minimum Gasteiger partial charge on any atom is -0.461 e. The van der Waals surface area contributed by atoms with E-state index in [2.05, 4.69) is 6.92 Å². The van der Waals surface area contributed by atoms with E-state index in [0.29, 0.717) is 6.61 Å². The lowest BCUT2D eigenvalue weighted by Crippen LogP contribution is -2.08. The van der Waals surface area contributed by atoms with Gasteiger partial charge in [0.25, 0.3) is 0 Å². The Labute approximate surface area is 101 Å². The molecular weight excluding hydrogens is 228 g/mol. The summed E-state index contributed by atoms with van der Waals surface area (Å²) < 4.78 is 5.07. The van der Waals surface area contributed by atoms with Gasteiger partial charge in [0, 0.05) is 11.3 Å². The monoisotopic (exact) mass is 248 g/mol. The minimum atomic E-state index is -0.175. The van der Waals surface area contributed by atoms with Crippen molar-refractivity contribution in [2.24, 2.45) is 0 Å². The summed E-state index contributed by atoms with van der Waals surface area (Å²) in [6.45, 7) is 4.46. The largest absolute Gasteiger partial charge is 0.461 e. The van der Waals surface area contributed by atoms with Crippen LogP contribution in [0.4, 0.5) is 0 Å². The van der Waals surface area contributed by atoms with Gasteiger partial charge in [-0.05, 0) is 31.1 Å². The number of rotatable bonds is 8. The van der Waals surface area contributed by atoms with E-state index in [4.69, 9.17) is 4.74 Å². The molecule has 0 N–H and O–H groups in total. The molecule has 0 bridgehead atoms. The Morgan fingerprint density at radius 3 is 2.73 bits per heavy atom. The Hall–Kier alpha value is -0.0900. The third-order valence-electron chi connectivity index (χ3n) is 1.76. The summed E-state index contributed by atoms with van der Waals surface area (Å²) in [5.74, 6) is 2.90. The Morgan fingerprint density at radius 1 is 1.40 bits per heavy atom. The summed E-state index contributed by atoms with van der Waals surface area (Å²) >= 11 is 3.56. The topological polar surface area (TPSA) is 26.3 Å². The number of esters is 1. The predicted octanol–water partition coefficient (Wildman–Crippen LogP) is 2.98. The van der Waals surface area contributed by atoms with Crippen molar-refractivity contribution in [3.63, 3.8) is 0 Å². The number of hydrogen-bond acceptors (Lipinski definition) is 4. The summed E-state index contributed by atoms with van der Waals surface area (Å²) in [5.41, 5.74) is 0.729. The van der Waals surface area contributed by atoms with Crippen molar-refractivity contribution >= 4 is 29.5 Å². The third kappa shape index (κ3) is 8.88. The van der Waals surface area contributed by atoms with Gasteiger partial charge in [-0.25, -0.2) is 4.79 Å². The van der Waals surface area contributed by atoms with E-state index in [9.17, 15) is 4.79 Å². The fourth-order valence-electron chi connectivity index (χ4n) is 0.918. The lowest BCUT2D eigenvalue weighted by atomic mass is 10.2. The molecule has 0 heterocycles. The molecule has 0 aromatic carbocycles. The van der Waals surface area contributed by atoms with Crippen LogP contribution in [0.25, 0.3) is 0 Å². The fraction of sp³-hybridized carbons (Fsp3) is 0.727. The van der Waals surface area contributed by atoms with Crippen LogP contribution in [-0.4, -0.2) is 36.1 Å². The molecule has 0 aliphatic heterocycles. The van der Waals surface area contributed by atoms with Crippen molar-refractivity contribution in [3.8, 4) is 0 Å². The summed E-state index contributed by atoms with van der Waals surface area (Å²) in [6, 6.07) is 0. The van der Waals surface area contributed by atoms with Gasteiger partial charge in [-0.15, -0.1) is 0 Å². The summed E-state index contributed by atoms with van der Waals surface area (Å²) in [6.07, 6.45) is 4.91. The van der Waals surface area contributed by atoms with Crippen molar-refractivity contribution in [2.45, 2.75) is 20.3 Å². The fourth-order valence-corrected chi connectivity index (χ4v) is 1.74. The second-order valence-corrected chi connectivity index (χ2v) is 5.38. The number of carbonyl (C=O) groups is 1. The van der Waals surface area contributed by atoms with Gasteiger partial charge in [0.1, 0.15) is 6.61 Å². The van der Waals surface area contributed by atoms with Gasteiger partial charge in [0.15, 0.2) is 0 Å². The Kier molecular flexibility index (Phi) is 10.4. The zero-order valence-electron chi connectivity index (χ0n) is 9.75. The molecular formula is C11H20O2S2. The normalized spacial score (nSPS) is 11.5. The molecule has 0 aliphatic rings. The molecule has 0 aliphatic carbocycles. The molecule has 0 rings (SSSR count). The first-order valence-corrected chi connectivity index (χ1v) is 7.67. The van der Waals surface area contributed by atoms with Crippen LogP contribution in [0.5, 0.6) is 0 Å². The van der Waals surface area contributed by atoms with Crippen LogP contribution >= 0.6 is 23.5 Å². The van der Waals surface area contributed by atoms with E-state index in [-0.39, 0.29) is 5.97 Å². The SMILES string of the molecule is CCSCCC=C(C)C(=O)OCCSC. The smallest absolute Gasteiger partial charge is 0.333 e. The maximum atomic E-state index is 11.4. The molecule has 2 nitrogen and oxygen atoms in total. The molecule has 0 aromatic heterocycles. The predicted molar refractivity (Wildman–Crippen MR) is 70.7 cm³/mol. The van der Waals surface area contributed by atoms with Crippen LogP contribution in [0.2, 0.25) is 0 Å². The van der Waals surface area contributed by atoms with Crippen LogP contribution in [0.1, 0.15) is 20.3 Å². The molecule has 0 fully saturated rings. The van der Waals surface area contributed by atoms with Gasteiger partial charge in [0.2, 0.25) is 0 Å². The number of carbonyl (C=O) groups excluding carboxylic acids is 1. The standard InChI is InChI=1S/C11H20O2S2/c1-4-15-8-5-6-10(2)11(12)13-7-9-14-3/h6H,4-5,7-9H2,1-3H3. The first-order chi connectivity index (χ1) is 7.22. The van der Waals surface area contributed by atoms with E-state index in [1.807, 2.05) is 31.0 Å². The first kappa shape index (κ1) is 14.9. The molecule has 88 valence electrons. The first-order valence-electron chi connectivity index (χ1n) is 5.13. The number of hydrogen-bond donors (Lipinski definition) is 0. The van der Waals surface area contributed by atoms with Gasteiger partial charge >= 0.3 is 5.97 Å². The van der Waals surface area contributed by atoms with Crippen molar-refractivity contribution < 1.29 is 9.53 Å². The van der Waals surface area contributed by atoms with E-state index >= 15 is 0 Å². The lowest BCUT2D eigenvalue weighted by molar-refractivity contribution is -0.138. The summed E-state index contributed by atoms with van der Waals surface area (Å²) in [7, 11) is 0. The molecule has 0 unspecified atom stereocenters. The number of allylic oxidation sites excluding steroid dienone is 1. The zero-order valence-corrected chi connectivity index (χ0v) is 11.4. The van der Waals surface area contributed by atoms with Crippen molar-refractivity contribution in [3.05, 3.63) is 11.6 Å². The zero-order chi connectivity index (χ0) is 11.5. The van der Waals surface area contributed by atoms with E-state index in [0.717, 1.165) is 29.3 Å². The van der Waals surface area contributed by atoms with Crippen LogP contribution in [0.3, 0.4) is 0 Å². The van der Waals surface area contributed by atoms with E-state index in [1.165, 1.54) is 0 Å². The second kappa shape index (κ2) is 10.4. The second-order valence-electron chi connectivity index (χ2n) is 3.00. The molecule has 0 atom stereocenters. The average Bonchev–Trinajstić information content (AvgIpc) is 2.24. The molecule has 15 heavy (non-hydrogen) atoms. The molecule has 0 radical (unpaired) electrons. The van der Waals surface area contributed by atoms with Crippen LogP contribution in [-0.2, 0) is 9.53 Å². The molecule has 0 aromatic rings. The molecule has 0 amide bonds. The van der Waals surface area contributed by atoms with E-state index < -0.39 is 0 Å². The van der Waals surface area contributed by atoms with Crippen LogP contribution in [0.15, 0.2) is 11.6 Å². The quantitative estimate of drug-likeness (QED) is 0.375. The average molecular weight is 248 g/mol. The third-order valence-corrected chi connectivity index (χ3v) is 3.27. The highest BCUT2D eigenvalue weighted by Gasteiger charge is 2.03. The van der Waals surface area contributed by atoms with E-state index in [1.54, 1.807) is 11.8 Å². The number of ether oxygens (including phenoxy) is 1. The Balaban J connectivity index is 3.66. The van der Waals surface area contributed by atoms with Gasteiger partial charge in [-0.3, -0.25) is 0 Å². The van der Waals surface area contributed by atoms with Gasteiger partial charge < -0.3 is 4.74 Å². The minimum absolute atomic E-state index is 0.175. The van der Waals surface area contributed by atoms with Gasteiger partial charge in [0.05, 0.1) is 0 Å². The molecule has 0 saturated carbocycles. The lowest BCUT2D eigenvalue weighted by Gasteiger charge is -2.03. The molecule has 0 spiro atoms. The van der Waals surface area contributed by atoms with Crippen molar-refractivity contribution in [1.82, 2.24) is 0 Å². The Bertz CT molecular complexity index is 203. The molecule has 0 saturated heterocycles. The maximum Gasteiger partial charge on any atom is 0.333 e. The Morgan fingerprint density at radius 2 is 2.13 bits per heavy atom. The highest BCUT2D eigenvalue weighted by atomic mass is 32.2. The van der Waals surface area contributed by atoms with Crippen LogP contribution in [0, 0.1) is 0 Å². The summed E-state index contributed by atoms with van der Waals surface area (Å²) in [4.78, 5) is 11.4. The highest BCUT2D eigenvalue weighted by Crippen LogP contribution is 2.05. The van der Waals surface area contributed by atoms with Crippen LogP contribution < -0.4 is 0 Å². The molecule has 4 heteroatoms. The number of thioether (sulfide) groups is 2. The van der Waals surface area contributed by atoms with Crippen molar-refractivity contribution in [2.75, 3.05) is 30.1 Å². The van der Waals surface area contributed by atoms with Gasteiger partial charge in [-0.2, -0.15) is 23.5 Å². The van der Waals surface area contributed by atoms with Gasteiger partial charge in [-0.1, -0.05) is 13.0 Å². The summed E-state index contributed by atoms with van der Waals surface area (Å²) in [5, 5.41) is 0. The van der Waals surface area contributed by atoms with Crippen molar-refractivity contribution in [1.29, 1.82) is 0 Å². The maximum absolute atomic E-state index is 11.4. The highest BCUT2D eigenvalue weighted by molar-refractivity contribution is 7.99.